The van der Waals surface area contributed by atoms with Gasteiger partial charge >= 0.3 is 0 Å². The molecule has 0 radical (unpaired) electrons. The minimum Gasteiger partial charge on any atom is -0.493 e. The summed E-state index contributed by atoms with van der Waals surface area (Å²) in [6, 6.07) is 17.1. The summed E-state index contributed by atoms with van der Waals surface area (Å²) < 4.78 is 22.5. The van der Waals surface area contributed by atoms with Gasteiger partial charge in [-0.25, -0.2) is 0 Å². The third-order valence-electron chi connectivity index (χ3n) is 5.10. The van der Waals surface area contributed by atoms with E-state index in [4.69, 9.17) is 18.9 Å². The second-order valence-corrected chi connectivity index (χ2v) is 7.74. The highest BCUT2D eigenvalue weighted by atomic mass is 16.7. The van der Waals surface area contributed by atoms with E-state index in [0.717, 1.165) is 33.8 Å². The molecule has 0 atom stereocenters. The van der Waals surface area contributed by atoms with E-state index in [1.165, 1.54) is 0 Å². The van der Waals surface area contributed by atoms with E-state index in [0.29, 0.717) is 36.8 Å². The molecule has 166 valence electrons. The average Bonchev–Trinajstić information content (AvgIpc) is 3.24. The van der Waals surface area contributed by atoms with Crippen LogP contribution in [0.2, 0.25) is 0 Å². The van der Waals surface area contributed by atoms with Crippen molar-refractivity contribution in [2.45, 2.75) is 33.9 Å². The van der Waals surface area contributed by atoms with Gasteiger partial charge < -0.3 is 24.3 Å². The quantitative estimate of drug-likeness (QED) is 0.545. The van der Waals surface area contributed by atoms with Gasteiger partial charge in [-0.15, -0.1) is 0 Å². The van der Waals surface area contributed by atoms with E-state index >= 15 is 0 Å². The molecule has 6 nitrogen and oxygen atoms in total. The Morgan fingerprint density at radius 1 is 0.938 bits per heavy atom. The van der Waals surface area contributed by atoms with Gasteiger partial charge in [-0.3, -0.25) is 4.79 Å². The lowest BCUT2D eigenvalue weighted by atomic mass is 10.1. The summed E-state index contributed by atoms with van der Waals surface area (Å²) in [5, 5.41) is 2.96. The van der Waals surface area contributed by atoms with Gasteiger partial charge in [-0.1, -0.05) is 12.1 Å². The fourth-order valence-electron chi connectivity index (χ4n) is 3.64. The molecule has 4 rings (SSSR count). The molecule has 0 spiro atoms. The number of hydrogen-bond donors (Lipinski definition) is 1. The summed E-state index contributed by atoms with van der Waals surface area (Å²) in [5.41, 5.74) is 4.59. The Hall–Kier alpha value is -3.67. The summed E-state index contributed by atoms with van der Waals surface area (Å²) in [6.07, 6.45) is 0. The number of benzene rings is 3. The zero-order valence-corrected chi connectivity index (χ0v) is 18.6. The highest BCUT2D eigenvalue weighted by Gasteiger charge is 2.15. The Bertz CT molecular complexity index is 1100. The monoisotopic (exact) mass is 433 g/mol. The lowest BCUT2D eigenvalue weighted by Gasteiger charge is -2.14. The van der Waals surface area contributed by atoms with Crippen molar-refractivity contribution in [2.75, 3.05) is 13.4 Å². The maximum Gasteiger partial charge on any atom is 0.251 e. The molecule has 1 amide bonds. The van der Waals surface area contributed by atoms with Gasteiger partial charge in [0.1, 0.15) is 18.1 Å². The molecule has 1 aliphatic rings. The minimum atomic E-state index is -0.168. The van der Waals surface area contributed by atoms with E-state index in [1.807, 2.05) is 63.2 Å². The van der Waals surface area contributed by atoms with Crippen molar-refractivity contribution in [2.24, 2.45) is 0 Å². The Labute approximate surface area is 188 Å². The third kappa shape index (κ3) is 5.14. The molecule has 1 aliphatic heterocycles. The molecule has 0 aliphatic carbocycles. The highest BCUT2D eigenvalue weighted by Crippen LogP contribution is 2.32. The van der Waals surface area contributed by atoms with Gasteiger partial charge in [-0.05, 0) is 79.9 Å². The van der Waals surface area contributed by atoms with E-state index < -0.39 is 0 Å². The smallest absolute Gasteiger partial charge is 0.251 e. The molecule has 0 aromatic heterocycles. The molecule has 0 unspecified atom stereocenters. The predicted molar refractivity (Wildman–Crippen MR) is 122 cm³/mol. The summed E-state index contributed by atoms with van der Waals surface area (Å²) >= 11 is 0. The molecule has 3 aromatic carbocycles. The normalized spacial score (nSPS) is 11.8. The van der Waals surface area contributed by atoms with Gasteiger partial charge in [0.25, 0.3) is 5.91 Å². The van der Waals surface area contributed by atoms with Crippen LogP contribution in [-0.4, -0.2) is 19.3 Å². The molecule has 0 saturated heterocycles. The summed E-state index contributed by atoms with van der Waals surface area (Å²) in [7, 11) is 0. The number of amides is 1. The molecule has 32 heavy (non-hydrogen) atoms. The zero-order chi connectivity index (χ0) is 22.5. The van der Waals surface area contributed by atoms with Crippen LogP contribution in [-0.2, 0) is 13.2 Å². The maximum atomic E-state index is 12.8. The lowest BCUT2D eigenvalue weighted by molar-refractivity contribution is 0.0950. The summed E-state index contributed by atoms with van der Waals surface area (Å²) in [6.45, 7) is 7.46. The number of hydrogen-bond acceptors (Lipinski definition) is 5. The van der Waals surface area contributed by atoms with Crippen molar-refractivity contribution in [1.82, 2.24) is 5.32 Å². The zero-order valence-electron chi connectivity index (χ0n) is 18.6. The van der Waals surface area contributed by atoms with Crippen molar-refractivity contribution in [3.8, 4) is 23.0 Å². The summed E-state index contributed by atoms with van der Waals surface area (Å²) in [4.78, 5) is 12.8. The Morgan fingerprint density at radius 2 is 1.72 bits per heavy atom. The van der Waals surface area contributed by atoms with Gasteiger partial charge in [0.05, 0.1) is 6.61 Å². The number of nitrogens with one attached hydrogen (secondary N) is 1. The number of rotatable bonds is 8. The van der Waals surface area contributed by atoms with Crippen LogP contribution < -0.4 is 24.3 Å². The van der Waals surface area contributed by atoms with Crippen LogP contribution in [0.4, 0.5) is 0 Å². The predicted octanol–water partition coefficient (Wildman–Crippen LogP) is 4.94. The highest BCUT2D eigenvalue weighted by molar-refractivity contribution is 5.94. The van der Waals surface area contributed by atoms with Crippen LogP contribution in [0, 0.1) is 13.8 Å². The number of ether oxygens (including phenoxy) is 4. The molecule has 0 fully saturated rings. The van der Waals surface area contributed by atoms with Gasteiger partial charge in [-0.2, -0.15) is 0 Å². The first-order valence-electron chi connectivity index (χ1n) is 10.7. The van der Waals surface area contributed by atoms with Crippen LogP contribution in [0.1, 0.15) is 39.5 Å². The molecular weight excluding hydrogens is 406 g/mol. The Kier molecular flexibility index (Phi) is 6.50. The van der Waals surface area contributed by atoms with Crippen molar-refractivity contribution >= 4 is 5.91 Å². The standard InChI is InChI=1S/C26H27NO5/c1-4-29-23-8-6-20(13-21(23)15-30-22-10-17(2)9-18(3)11-22)26(28)27-14-19-5-7-24-25(12-19)32-16-31-24/h5-13H,4,14-16H2,1-3H3,(H,27,28). The molecule has 3 aromatic rings. The molecule has 1 heterocycles. The van der Waals surface area contributed by atoms with Gasteiger partial charge in [0.2, 0.25) is 6.79 Å². The third-order valence-corrected chi connectivity index (χ3v) is 5.10. The van der Waals surface area contributed by atoms with Gasteiger partial charge in [0.15, 0.2) is 11.5 Å². The number of carbonyl (C=O) groups excluding carboxylic acids is 1. The molecule has 0 bridgehead atoms. The Balaban J connectivity index is 1.45. The molecule has 0 saturated carbocycles. The lowest BCUT2D eigenvalue weighted by Crippen LogP contribution is -2.23. The van der Waals surface area contributed by atoms with E-state index in [-0.39, 0.29) is 12.7 Å². The molecule has 1 N–H and O–H groups in total. The number of aryl methyl sites for hydroxylation is 2. The molecule has 6 heteroatoms. The fourth-order valence-corrected chi connectivity index (χ4v) is 3.64. The summed E-state index contributed by atoms with van der Waals surface area (Å²) in [5.74, 6) is 2.76. The van der Waals surface area contributed by atoms with E-state index in [9.17, 15) is 4.79 Å². The topological polar surface area (TPSA) is 66.0 Å². The first-order valence-corrected chi connectivity index (χ1v) is 10.7. The van der Waals surface area contributed by atoms with Crippen LogP contribution in [0.25, 0.3) is 0 Å². The first kappa shape index (κ1) is 21.6. The first-order chi connectivity index (χ1) is 15.5. The van der Waals surface area contributed by atoms with Crippen LogP contribution >= 0.6 is 0 Å². The van der Waals surface area contributed by atoms with Crippen molar-refractivity contribution < 1.29 is 23.7 Å². The maximum absolute atomic E-state index is 12.8. The van der Waals surface area contributed by atoms with Crippen LogP contribution in [0.15, 0.2) is 54.6 Å². The van der Waals surface area contributed by atoms with E-state index in [2.05, 4.69) is 11.4 Å². The van der Waals surface area contributed by atoms with Crippen molar-refractivity contribution in [3.05, 3.63) is 82.4 Å². The number of fused-ring (bicyclic) bond motifs is 1. The van der Waals surface area contributed by atoms with Crippen LogP contribution in [0.5, 0.6) is 23.0 Å². The van der Waals surface area contributed by atoms with E-state index in [1.54, 1.807) is 6.07 Å². The second kappa shape index (κ2) is 9.64. The van der Waals surface area contributed by atoms with Crippen molar-refractivity contribution in [1.29, 1.82) is 0 Å². The minimum absolute atomic E-state index is 0.168. The van der Waals surface area contributed by atoms with Crippen LogP contribution in [0.3, 0.4) is 0 Å². The molecular formula is C26H27NO5. The largest absolute Gasteiger partial charge is 0.493 e. The second-order valence-electron chi connectivity index (χ2n) is 7.74. The fraction of sp³-hybridized carbons (Fsp3) is 0.269. The number of carbonyl (C=O) groups is 1. The SMILES string of the molecule is CCOc1ccc(C(=O)NCc2ccc3c(c2)OCO3)cc1COc1cc(C)cc(C)c1. The van der Waals surface area contributed by atoms with Gasteiger partial charge in [0, 0.05) is 17.7 Å². The Morgan fingerprint density at radius 3 is 2.50 bits per heavy atom. The van der Waals surface area contributed by atoms with Crippen molar-refractivity contribution in [3.63, 3.8) is 0 Å². The average molecular weight is 434 g/mol.